The molecule has 2 aliphatic rings. The van der Waals surface area contributed by atoms with E-state index in [9.17, 15) is 0 Å². The van der Waals surface area contributed by atoms with Crippen LogP contribution in [0.25, 0.3) is 0 Å². The molecule has 2 aromatic rings. The van der Waals surface area contributed by atoms with Crippen LogP contribution in [-0.2, 0) is 0 Å². The van der Waals surface area contributed by atoms with Gasteiger partial charge in [0, 0.05) is 24.8 Å². The lowest BCUT2D eigenvalue weighted by atomic mass is 10.6. The molecule has 4 N–H and O–H groups in total. The Kier molecular flexibility index (Phi) is 2.74. The zero-order valence-corrected chi connectivity index (χ0v) is 9.51. The van der Waals surface area contributed by atoms with Gasteiger partial charge in [-0.25, -0.2) is 19.9 Å². The van der Waals surface area contributed by atoms with Crippen LogP contribution in [0.3, 0.4) is 0 Å². The lowest BCUT2D eigenvalue weighted by molar-refractivity contribution is 1.23. The van der Waals surface area contributed by atoms with Gasteiger partial charge in [-0.2, -0.15) is 0 Å². The molecule has 4 heterocycles. The number of aromatic nitrogens is 4. The molecule has 8 nitrogen and oxygen atoms in total. The van der Waals surface area contributed by atoms with Crippen molar-refractivity contribution in [2.75, 3.05) is 34.6 Å². The number of nitrogens with one attached hydrogen (secondary N) is 4. The van der Waals surface area contributed by atoms with Gasteiger partial charge < -0.3 is 21.3 Å². The van der Waals surface area contributed by atoms with Gasteiger partial charge in [-0.1, -0.05) is 0 Å². The maximum atomic E-state index is 4.02. The molecule has 0 aliphatic carbocycles. The number of nitrogens with zero attached hydrogens (tertiary/aromatic N) is 4. The Morgan fingerprint density at radius 1 is 0.556 bits per heavy atom. The fraction of sp³-hybridized carbons (Fsp3) is 0.200. The molecule has 92 valence electrons. The molecule has 0 atom stereocenters. The molecule has 18 heavy (non-hydrogen) atoms. The van der Waals surface area contributed by atoms with Crippen LogP contribution in [0.1, 0.15) is 0 Å². The maximum Gasteiger partial charge on any atom is 0.170 e. The standard InChI is InChI=1S/2C5H6N4/c2*1-2-7-5-4(6-1)8-3-9-5/h2*1-2H,3H2,(H,6,8)(H,7,9). The van der Waals surface area contributed by atoms with Crippen molar-refractivity contribution in [1.29, 1.82) is 0 Å². The first-order valence-electron chi connectivity index (χ1n) is 5.51. The van der Waals surface area contributed by atoms with Crippen molar-refractivity contribution >= 4 is 23.3 Å². The number of fused-ring (bicyclic) bond motifs is 2. The fourth-order valence-corrected chi connectivity index (χ4v) is 1.62. The molecule has 2 aliphatic heterocycles. The van der Waals surface area contributed by atoms with E-state index in [1.165, 1.54) is 0 Å². The molecular weight excluding hydrogens is 232 g/mol. The molecule has 0 spiro atoms. The lowest BCUT2D eigenvalue weighted by Crippen LogP contribution is -1.99. The fourth-order valence-electron chi connectivity index (χ4n) is 1.62. The predicted molar refractivity (Wildman–Crippen MR) is 68.3 cm³/mol. The minimum Gasteiger partial charge on any atom is -0.350 e. The van der Waals surface area contributed by atoms with Gasteiger partial charge in [0.1, 0.15) is 0 Å². The van der Waals surface area contributed by atoms with Gasteiger partial charge in [0.25, 0.3) is 0 Å². The van der Waals surface area contributed by atoms with Crippen LogP contribution < -0.4 is 21.3 Å². The summed E-state index contributed by atoms with van der Waals surface area (Å²) in [5, 5.41) is 12.1. The van der Waals surface area contributed by atoms with Gasteiger partial charge in [-0.05, 0) is 0 Å². The van der Waals surface area contributed by atoms with E-state index in [0.29, 0.717) is 0 Å². The van der Waals surface area contributed by atoms with E-state index in [2.05, 4.69) is 41.2 Å². The summed E-state index contributed by atoms with van der Waals surface area (Å²) in [5.41, 5.74) is 0. The molecule has 2 aromatic heterocycles. The molecule has 0 amide bonds. The molecule has 0 saturated heterocycles. The third-order valence-corrected chi connectivity index (χ3v) is 2.42. The van der Waals surface area contributed by atoms with Crippen LogP contribution >= 0.6 is 0 Å². The van der Waals surface area contributed by atoms with Crippen molar-refractivity contribution in [3.8, 4) is 0 Å². The van der Waals surface area contributed by atoms with E-state index in [4.69, 9.17) is 0 Å². The van der Waals surface area contributed by atoms with Crippen LogP contribution in [0.15, 0.2) is 24.8 Å². The van der Waals surface area contributed by atoms with Crippen molar-refractivity contribution in [2.45, 2.75) is 0 Å². The monoisotopic (exact) mass is 244 g/mol. The summed E-state index contributed by atoms with van der Waals surface area (Å²) in [6, 6.07) is 0. The predicted octanol–water partition coefficient (Wildman–Crippen LogP) is 0.543. The molecule has 0 saturated carbocycles. The second-order valence-electron chi connectivity index (χ2n) is 3.57. The second-order valence-corrected chi connectivity index (χ2v) is 3.57. The third-order valence-electron chi connectivity index (χ3n) is 2.42. The van der Waals surface area contributed by atoms with Crippen LogP contribution in [-0.4, -0.2) is 33.3 Å². The quantitative estimate of drug-likeness (QED) is 0.533. The molecule has 0 unspecified atom stereocenters. The number of hydrogen-bond donors (Lipinski definition) is 4. The summed E-state index contributed by atoms with van der Waals surface area (Å²) in [4.78, 5) is 16.1. The topological polar surface area (TPSA) is 99.7 Å². The largest absolute Gasteiger partial charge is 0.350 e. The Bertz CT molecular complexity index is 447. The van der Waals surface area contributed by atoms with Gasteiger partial charge in [-0.3, -0.25) is 0 Å². The van der Waals surface area contributed by atoms with Crippen LogP contribution in [0, 0.1) is 0 Å². The van der Waals surface area contributed by atoms with Gasteiger partial charge in [0.15, 0.2) is 23.3 Å². The normalized spacial score (nSPS) is 13.8. The van der Waals surface area contributed by atoms with Crippen molar-refractivity contribution in [2.24, 2.45) is 0 Å². The highest BCUT2D eigenvalue weighted by atomic mass is 15.2. The van der Waals surface area contributed by atoms with E-state index in [-0.39, 0.29) is 0 Å². The smallest absolute Gasteiger partial charge is 0.170 e. The molecule has 0 fully saturated rings. The first-order valence-corrected chi connectivity index (χ1v) is 5.51. The van der Waals surface area contributed by atoms with E-state index < -0.39 is 0 Å². The minimum atomic E-state index is 0.735. The maximum absolute atomic E-state index is 4.02. The zero-order chi connectivity index (χ0) is 12.2. The first-order chi connectivity index (χ1) is 8.93. The molecule has 8 heteroatoms. The van der Waals surface area contributed by atoms with E-state index in [1.807, 2.05) is 0 Å². The Morgan fingerprint density at radius 3 is 1.11 bits per heavy atom. The van der Waals surface area contributed by atoms with E-state index in [1.54, 1.807) is 24.8 Å². The SMILES string of the molecule is c1cnc2c(n1)NCN2.c1cnc2c(n1)NCN2. The minimum absolute atomic E-state index is 0.735. The van der Waals surface area contributed by atoms with Crippen LogP contribution in [0.2, 0.25) is 0 Å². The Hall–Kier alpha value is -2.64. The Labute approximate surface area is 103 Å². The van der Waals surface area contributed by atoms with Crippen molar-refractivity contribution in [3.05, 3.63) is 24.8 Å². The first kappa shape index (κ1) is 10.5. The second kappa shape index (κ2) is 4.70. The van der Waals surface area contributed by atoms with Crippen molar-refractivity contribution < 1.29 is 0 Å². The summed E-state index contributed by atoms with van der Waals surface area (Å²) in [6.45, 7) is 1.47. The molecular formula is C10H12N8. The van der Waals surface area contributed by atoms with Gasteiger partial charge in [-0.15, -0.1) is 0 Å². The van der Waals surface area contributed by atoms with Crippen LogP contribution in [0.5, 0.6) is 0 Å². The van der Waals surface area contributed by atoms with Crippen LogP contribution in [0.4, 0.5) is 23.3 Å². The summed E-state index contributed by atoms with van der Waals surface area (Å²) in [7, 11) is 0. The van der Waals surface area contributed by atoms with Gasteiger partial charge >= 0.3 is 0 Å². The van der Waals surface area contributed by atoms with E-state index in [0.717, 1.165) is 36.6 Å². The molecule has 4 rings (SSSR count). The zero-order valence-electron chi connectivity index (χ0n) is 9.51. The average molecular weight is 244 g/mol. The average Bonchev–Trinajstić information content (AvgIpc) is 3.08. The highest BCUT2D eigenvalue weighted by Gasteiger charge is 2.09. The molecule has 0 radical (unpaired) electrons. The highest BCUT2D eigenvalue weighted by molar-refractivity contribution is 5.64. The summed E-state index contributed by atoms with van der Waals surface area (Å²) in [6.07, 6.45) is 6.66. The number of anilines is 4. The highest BCUT2D eigenvalue weighted by Crippen LogP contribution is 2.18. The molecule has 0 bridgehead atoms. The van der Waals surface area contributed by atoms with Gasteiger partial charge in [0.05, 0.1) is 13.3 Å². The van der Waals surface area contributed by atoms with E-state index >= 15 is 0 Å². The number of rotatable bonds is 0. The summed E-state index contributed by atoms with van der Waals surface area (Å²) >= 11 is 0. The third kappa shape index (κ3) is 2.08. The Morgan fingerprint density at radius 2 is 0.833 bits per heavy atom. The Balaban J connectivity index is 0.000000111. The summed E-state index contributed by atoms with van der Waals surface area (Å²) < 4.78 is 0. The van der Waals surface area contributed by atoms with Crippen molar-refractivity contribution in [1.82, 2.24) is 19.9 Å². The van der Waals surface area contributed by atoms with Gasteiger partial charge in [0.2, 0.25) is 0 Å². The van der Waals surface area contributed by atoms with Crippen molar-refractivity contribution in [3.63, 3.8) is 0 Å². The number of hydrogen-bond acceptors (Lipinski definition) is 8. The molecule has 0 aromatic carbocycles. The summed E-state index contributed by atoms with van der Waals surface area (Å²) in [5.74, 6) is 3.38. The lowest BCUT2D eigenvalue weighted by Gasteiger charge is -1.90.